The van der Waals surface area contributed by atoms with Gasteiger partial charge in [-0.1, -0.05) is 18.2 Å². The predicted molar refractivity (Wildman–Crippen MR) is 113 cm³/mol. The molecule has 0 fully saturated rings. The van der Waals surface area contributed by atoms with Crippen molar-refractivity contribution in [3.05, 3.63) is 81.1 Å². The van der Waals surface area contributed by atoms with E-state index in [4.69, 9.17) is 4.74 Å². The van der Waals surface area contributed by atoms with Gasteiger partial charge in [-0.15, -0.1) is 0 Å². The second kappa shape index (κ2) is 8.73. The molecule has 150 valence electrons. The second-order valence-electron chi connectivity index (χ2n) is 7.09. The molecule has 0 aliphatic rings. The minimum atomic E-state index is -0.313. The van der Waals surface area contributed by atoms with E-state index in [0.29, 0.717) is 12.2 Å². The van der Waals surface area contributed by atoms with Crippen LogP contribution in [0.2, 0.25) is 0 Å². The molecule has 1 aromatic heterocycles. The molecule has 3 rings (SSSR count). The van der Waals surface area contributed by atoms with Gasteiger partial charge in [0.05, 0.1) is 12.8 Å². The Bertz CT molecular complexity index is 1100. The van der Waals surface area contributed by atoms with E-state index < -0.39 is 0 Å². The van der Waals surface area contributed by atoms with Gasteiger partial charge in [-0.3, -0.25) is 9.59 Å². The Labute approximate surface area is 170 Å². The molecule has 0 aliphatic carbocycles. The number of methoxy groups -OCH3 is 1. The van der Waals surface area contributed by atoms with Crippen LogP contribution in [0, 0.1) is 20.8 Å². The molecule has 0 aliphatic heterocycles. The van der Waals surface area contributed by atoms with Gasteiger partial charge in [-0.2, -0.15) is 5.10 Å². The topological polar surface area (TPSA) is 73.2 Å². The number of hydrogen-bond donors (Lipinski definition) is 1. The Kier molecular flexibility index (Phi) is 6.12. The minimum Gasteiger partial charge on any atom is -0.497 e. The largest absolute Gasteiger partial charge is 0.497 e. The average molecular weight is 391 g/mol. The molecule has 0 radical (unpaired) electrons. The zero-order valence-electron chi connectivity index (χ0n) is 17.2. The van der Waals surface area contributed by atoms with Crippen molar-refractivity contribution in [2.24, 2.45) is 0 Å². The summed E-state index contributed by atoms with van der Waals surface area (Å²) in [5, 5.41) is 7.24. The van der Waals surface area contributed by atoms with Crippen molar-refractivity contribution in [1.29, 1.82) is 0 Å². The summed E-state index contributed by atoms with van der Waals surface area (Å²) >= 11 is 0. The van der Waals surface area contributed by atoms with Crippen LogP contribution in [0.25, 0.3) is 11.3 Å². The highest BCUT2D eigenvalue weighted by Crippen LogP contribution is 2.24. The third-order valence-electron chi connectivity index (χ3n) is 4.90. The van der Waals surface area contributed by atoms with Crippen molar-refractivity contribution >= 4 is 5.91 Å². The van der Waals surface area contributed by atoms with E-state index in [9.17, 15) is 9.59 Å². The van der Waals surface area contributed by atoms with Crippen LogP contribution in [-0.2, 0) is 17.9 Å². The number of aromatic nitrogens is 2. The quantitative estimate of drug-likeness (QED) is 0.701. The summed E-state index contributed by atoms with van der Waals surface area (Å²) < 4.78 is 6.38. The first-order valence-corrected chi connectivity index (χ1v) is 9.43. The summed E-state index contributed by atoms with van der Waals surface area (Å²) in [6, 6.07) is 14.8. The van der Waals surface area contributed by atoms with Crippen LogP contribution < -0.4 is 15.6 Å². The van der Waals surface area contributed by atoms with Crippen molar-refractivity contribution in [2.45, 2.75) is 33.9 Å². The van der Waals surface area contributed by atoms with E-state index in [1.165, 1.54) is 16.3 Å². The molecule has 0 unspecified atom stereocenters. The van der Waals surface area contributed by atoms with Gasteiger partial charge < -0.3 is 10.1 Å². The van der Waals surface area contributed by atoms with Gasteiger partial charge in [-0.25, -0.2) is 4.68 Å². The molecule has 6 nitrogen and oxygen atoms in total. The van der Waals surface area contributed by atoms with Crippen LogP contribution in [-0.4, -0.2) is 22.8 Å². The monoisotopic (exact) mass is 391 g/mol. The van der Waals surface area contributed by atoms with Gasteiger partial charge >= 0.3 is 0 Å². The Morgan fingerprint density at radius 2 is 1.79 bits per heavy atom. The Hall–Kier alpha value is -3.41. The molecule has 3 aromatic rings. The molecule has 0 spiro atoms. The molecule has 0 bridgehead atoms. The number of nitrogens with zero attached hydrogens (tertiary/aromatic N) is 2. The fraction of sp³-hybridized carbons (Fsp3) is 0.261. The average Bonchev–Trinajstić information content (AvgIpc) is 2.71. The number of rotatable bonds is 6. The maximum Gasteiger partial charge on any atom is 0.267 e. The number of nitrogens with one attached hydrogen (secondary N) is 1. The molecule has 2 aromatic carbocycles. The standard InChI is InChI=1S/C23H25N3O3/c1-15-10-17(3)20(11-16(15)2)21-8-9-23(28)26(25-21)14-22(27)24-13-18-6-5-7-19(12-18)29-4/h5-12H,13-14H2,1-4H3,(H,24,27). The normalized spacial score (nSPS) is 10.6. The van der Waals surface area contributed by atoms with E-state index >= 15 is 0 Å². The van der Waals surface area contributed by atoms with Gasteiger partial charge in [0.2, 0.25) is 5.91 Å². The number of carbonyl (C=O) groups excluding carboxylic acids is 1. The minimum absolute atomic E-state index is 0.138. The molecule has 29 heavy (non-hydrogen) atoms. The molecule has 1 heterocycles. The summed E-state index contributed by atoms with van der Waals surface area (Å²) in [6.07, 6.45) is 0. The highest BCUT2D eigenvalue weighted by Gasteiger charge is 2.11. The van der Waals surface area contributed by atoms with Crippen LogP contribution in [0.1, 0.15) is 22.3 Å². The first-order valence-electron chi connectivity index (χ1n) is 9.43. The zero-order chi connectivity index (χ0) is 21.0. The Morgan fingerprint density at radius 3 is 2.55 bits per heavy atom. The fourth-order valence-corrected chi connectivity index (χ4v) is 3.12. The van der Waals surface area contributed by atoms with Crippen LogP contribution in [0.3, 0.4) is 0 Å². The highest BCUT2D eigenvalue weighted by atomic mass is 16.5. The Balaban J connectivity index is 1.75. The number of benzene rings is 2. The van der Waals surface area contributed by atoms with Gasteiger partial charge in [0.25, 0.3) is 5.56 Å². The van der Waals surface area contributed by atoms with Crippen molar-refractivity contribution in [3.8, 4) is 17.0 Å². The predicted octanol–water partition coefficient (Wildman–Crippen LogP) is 3.16. The molecule has 0 saturated heterocycles. The third kappa shape index (κ3) is 4.90. The number of carbonyl (C=O) groups is 1. The van der Waals surface area contributed by atoms with Crippen LogP contribution in [0.4, 0.5) is 0 Å². The summed E-state index contributed by atoms with van der Waals surface area (Å²) in [5.74, 6) is 0.447. The molecule has 1 N–H and O–H groups in total. The van der Waals surface area contributed by atoms with Gasteiger partial charge in [-0.05, 0) is 67.3 Å². The van der Waals surface area contributed by atoms with Gasteiger partial charge in [0.15, 0.2) is 0 Å². The molecular weight excluding hydrogens is 366 g/mol. The molecule has 0 saturated carbocycles. The lowest BCUT2D eigenvalue weighted by Gasteiger charge is -2.12. The van der Waals surface area contributed by atoms with Crippen LogP contribution >= 0.6 is 0 Å². The number of hydrogen-bond acceptors (Lipinski definition) is 4. The SMILES string of the molecule is COc1cccc(CNC(=O)Cn2nc(-c3cc(C)c(C)cc3C)ccc2=O)c1. The first kappa shape index (κ1) is 20.3. The van der Waals surface area contributed by atoms with E-state index in [0.717, 1.165) is 28.0 Å². The van der Waals surface area contributed by atoms with Gasteiger partial charge in [0, 0.05) is 18.2 Å². The molecule has 0 atom stereocenters. The number of amides is 1. The third-order valence-corrected chi connectivity index (χ3v) is 4.90. The summed E-state index contributed by atoms with van der Waals surface area (Å²) in [7, 11) is 1.60. The van der Waals surface area contributed by atoms with Crippen molar-refractivity contribution in [2.75, 3.05) is 7.11 Å². The lowest BCUT2D eigenvalue weighted by atomic mass is 9.99. The van der Waals surface area contributed by atoms with E-state index in [-0.39, 0.29) is 18.0 Å². The van der Waals surface area contributed by atoms with Crippen molar-refractivity contribution in [1.82, 2.24) is 15.1 Å². The summed E-state index contributed by atoms with van der Waals surface area (Å²) in [4.78, 5) is 24.6. The molecule has 1 amide bonds. The van der Waals surface area contributed by atoms with Crippen LogP contribution in [0.15, 0.2) is 53.3 Å². The lowest BCUT2D eigenvalue weighted by Crippen LogP contribution is -2.33. The summed E-state index contributed by atoms with van der Waals surface area (Å²) in [5.41, 5.74) is 5.67. The second-order valence-corrected chi connectivity index (χ2v) is 7.09. The van der Waals surface area contributed by atoms with Crippen LogP contribution in [0.5, 0.6) is 5.75 Å². The maximum atomic E-state index is 12.4. The zero-order valence-corrected chi connectivity index (χ0v) is 17.2. The van der Waals surface area contributed by atoms with E-state index in [1.807, 2.05) is 38.1 Å². The maximum absolute atomic E-state index is 12.4. The van der Waals surface area contributed by atoms with E-state index in [1.54, 1.807) is 13.2 Å². The fourth-order valence-electron chi connectivity index (χ4n) is 3.12. The highest BCUT2D eigenvalue weighted by molar-refractivity contribution is 5.75. The smallest absolute Gasteiger partial charge is 0.267 e. The van der Waals surface area contributed by atoms with Crippen molar-refractivity contribution < 1.29 is 9.53 Å². The van der Waals surface area contributed by atoms with Crippen molar-refractivity contribution in [3.63, 3.8) is 0 Å². The summed E-state index contributed by atoms with van der Waals surface area (Å²) in [6.45, 7) is 6.33. The number of aryl methyl sites for hydroxylation is 3. The van der Waals surface area contributed by atoms with E-state index in [2.05, 4.69) is 29.5 Å². The molecular formula is C23H25N3O3. The lowest BCUT2D eigenvalue weighted by molar-refractivity contribution is -0.122. The Morgan fingerprint density at radius 1 is 1.03 bits per heavy atom. The van der Waals surface area contributed by atoms with Gasteiger partial charge in [0.1, 0.15) is 12.3 Å². The number of ether oxygens (including phenoxy) is 1. The molecule has 6 heteroatoms. The first-order chi connectivity index (χ1) is 13.9.